The van der Waals surface area contributed by atoms with Crippen LogP contribution in [0.2, 0.25) is 0 Å². The van der Waals surface area contributed by atoms with E-state index in [4.69, 9.17) is 0 Å². The van der Waals surface area contributed by atoms with E-state index >= 15 is 0 Å². The van der Waals surface area contributed by atoms with Crippen LogP contribution in [0.5, 0.6) is 0 Å². The molecule has 6 nitrogen and oxygen atoms in total. The number of nitrogens with one attached hydrogen (secondary N) is 2. The number of carbonyl (C=O) groups excluding carboxylic acids is 2. The molecule has 0 spiro atoms. The zero-order chi connectivity index (χ0) is 18.6. The van der Waals surface area contributed by atoms with Gasteiger partial charge < -0.3 is 15.7 Å². The molecule has 0 saturated carbocycles. The summed E-state index contributed by atoms with van der Waals surface area (Å²) in [6.07, 6.45) is 4.37. The lowest BCUT2D eigenvalue weighted by atomic mass is 9.82. The minimum Gasteiger partial charge on any atom is -0.481 e. The van der Waals surface area contributed by atoms with E-state index < -0.39 is 17.8 Å². The average molecular weight is 344 g/mol. The van der Waals surface area contributed by atoms with Crippen molar-refractivity contribution in [3.05, 3.63) is 42.0 Å². The number of benzene rings is 1. The van der Waals surface area contributed by atoms with Gasteiger partial charge in [0.25, 0.3) is 5.91 Å². The van der Waals surface area contributed by atoms with Crippen molar-refractivity contribution in [2.45, 2.75) is 39.2 Å². The molecule has 3 N–H and O–H groups in total. The van der Waals surface area contributed by atoms with Crippen LogP contribution in [0.4, 0.5) is 5.69 Å². The molecule has 134 valence electrons. The Morgan fingerprint density at radius 2 is 1.72 bits per heavy atom. The highest BCUT2D eigenvalue weighted by atomic mass is 16.4. The second-order valence-corrected chi connectivity index (χ2v) is 7.27. The van der Waals surface area contributed by atoms with Crippen molar-refractivity contribution >= 4 is 23.5 Å². The molecule has 1 aliphatic rings. The molecule has 2 atom stereocenters. The molecular weight excluding hydrogens is 320 g/mol. The van der Waals surface area contributed by atoms with Crippen LogP contribution < -0.4 is 10.6 Å². The van der Waals surface area contributed by atoms with Crippen LogP contribution in [0.25, 0.3) is 0 Å². The fourth-order valence-corrected chi connectivity index (χ4v) is 2.76. The monoisotopic (exact) mass is 344 g/mol. The van der Waals surface area contributed by atoms with Crippen LogP contribution in [-0.2, 0) is 9.59 Å². The van der Waals surface area contributed by atoms with Gasteiger partial charge in [0.05, 0.1) is 11.8 Å². The lowest BCUT2D eigenvalue weighted by Crippen LogP contribution is -2.40. The van der Waals surface area contributed by atoms with Crippen LogP contribution in [0.15, 0.2) is 36.4 Å². The molecule has 0 bridgehead atoms. The Kier molecular flexibility index (Phi) is 5.62. The zero-order valence-electron chi connectivity index (χ0n) is 14.7. The highest BCUT2D eigenvalue weighted by molar-refractivity contribution is 5.99. The molecule has 6 heteroatoms. The molecular formula is C19H24N2O4. The third-order valence-electron chi connectivity index (χ3n) is 3.97. The van der Waals surface area contributed by atoms with Crippen LogP contribution in [-0.4, -0.2) is 28.4 Å². The van der Waals surface area contributed by atoms with E-state index in [0.29, 0.717) is 24.1 Å². The summed E-state index contributed by atoms with van der Waals surface area (Å²) in [5, 5.41) is 14.9. The third kappa shape index (κ3) is 5.17. The van der Waals surface area contributed by atoms with Gasteiger partial charge in [-0.3, -0.25) is 14.4 Å². The summed E-state index contributed by atoms with van der Waals surface area (Å²) in [6, 6.07) is 6.62. The van der Waals surface area contributed by atoms with Crippen molar-refractivity contribution in [1.29, 1.82) is 0 Å². The minimum atomic E-state index is -0.970. The Bertz CT molecular complexity index is 704. The number of carboxylic acids is 1. The van der Waals surface area contributed by atoms with Gasteiger partial charge in [-0.2, -0.15) is 0 Å². The molecule has 0 radical (unpaired) electrons. The first-order chi connectivity index (χ1) is 11.7. The number of allylic oxidation sites excluding steroid dienone is 2. The highest BCUT2D eigenvalue weighted by Crippen LogP contribution is 2.27. The highest BCUT2D eigenvalue weighted by Gasteiger charge is 2.34. The summed E-state index contributed by atoms with van der Waals surface area (Å²) in [4.78, 5) is 36.0. The number of carbonyl (C=O) groups is 3. The Labute approximate surface area is 147 Å². The number of amides is 2. The molecule has 25 heavy (non-hydrogen) atoms. The summed E-state index contributed by atoms with van der Waals surface area (Å²) in [7, 11) is 0. The molecule has 0 aromatic heterocycles. The van der Waals surface area contributed by atoms with Gasteiger partial charge in [0.15, 0.2) is 0 Å². The maximum atomic E-state index is 12.5. The summed E-state index contributed by atoms with van der Waals surface area (Å²) in [5.74, 6) is -2.88. The quantitative estimate of drug-likeness (QED) is 0.732. The molecule has 0 fully saturated rings. The third-order valence-corrected chi connectivity index (χ3v) is 3.97. The van der Waals surface area contributed by atoms with Crippen LogP contribution in [0, 0.1) is 11.8 Å². The van der Waals surface area contributed by atoms with E-state index in [1.165, 1.54) is 0 Å². The second-order valence-electron chi connectivity index (χ2n) is 7.27. The number of rotatable bonds is 4. The van der Waals surface area contributed by atoms with E-state index in [1.807, 2.05) is 26.8 Å². The van der Waals surface area contributed by atoms with Gasteiger partial charge in [0.1, 0.15) is 0 Å². The Morgan fingerprint density at radius 1 is 1.08 bits per heavy atom. The fourth-order valence-electron chi connectivity index (χ4n) is 2.76. The normalized spacial score (nSPS) is 20.0. The van der Waals surface area contributed by atoms with Crippen LogP contribution >= 0.6 is 0 Å². The molecule has 0 saturated heterocycles. The first-order valence-corrected chi connectivity index (χ1v) is 8.28. The zero-order valence-corrected chi connectivity index (χ0v) is 14.7. The number of aliphatic carboxylic acids is 1. The Hall–Kier alpha value is -2.63. The number of hydrogen-bond donors (Lipinski definition) is 3. The van der Waals surface area contributed by atoms with Gasteiger partial charge in [0, 0.05) is 16.8 Å². The summed E-state index contributed by atoms with van der Waals surface area (Å²) < 4.78 is 0. The van der Waals surface area contributed by atoms with Gasteiger partial charge in [-0.25, -0.2) is 0 Å². The predicted molar refractivity (Wildman–Crippen MR) is 95.3 cm³/mol. The fraction of sp³-hybridized carbons (Fsp3) is 0.421. The van der Waals surface area contributed by atoms with Gasteiger partial charge in [-0.05, 0) is 51.8 Å². The van der Waals surface area contributed by atoms with Crippen molar-refractivity contribution in [1.82, 2.24) is 5.32 Å². The van der Waals surface area contributed by atoms with E-state index in [0.717, 1.165) is 0 Å². The first kappa shape index (κ1) is 18.7. The molecule has 0 unspecified atom stereocenters. The lowest BCUT2D eigenvalue weighted by molar-refractivity contribution is -0.146. The number of hydrogen-bond acceptors (Lipinski definition) is 3. The maximum Gasteiger partial charge on any atom is 0.307 e. The molecule has 0 aliphatic heterocycles. The minimum absolute atomic E-state index is 0.229. The van der Waals surface area contributed by atoms with E-state index in [-0.39, 0.29) is 17.4 Å². The van der Waals surface area contributed by atoms with Crippen LogP contribution in [0.3, 0.4) is 0 Å². The maximum absolute atomic E-state index is 12.5. The molecule has 2 rings (SSSR count). The second kappa shape index (κ2) is 7.51. The van der Waals surface area contributed by atoms with E-state index in [1.54, 1.807) is 30.3 Å². The molecule has 2 amide bonds. The molecule has 1 aromatic carbocycles. The predicted octanol–water partition coefficient (Wildman–Crippen LogP) is 2.82. The topological polar surface area (TPSA) is 95.5 Å². The summed E-state index contributed by atoms with van der Waals surface area (Å²) >= 11 is 0. The molecule has 1 aromatic rings. The number of anilines is 1. The standard InChI is InChI=1S/C19H24N2O4/c1-19(2,3)21-16(22)12-7-6-8-13(11-12)20-17(23)14-9-4-5-10-15(14)18(24)25/h4-8,11,14-15H,9-10H2,1-3H3,(H,20,23)(H,21,22)(H,24,25)/t14-,15+/m1/s1. The van der Waals surface area contributed by atoms with Crippen molar-refractivity contribution in [3.63, 3.8) is 0 Å². The number of carboxylic acid groups (broad SMARTS) is 1. The Morgan fingerprint density at radius 3 is 2.32 bits per heavy atom. The van der Waals surface area contributed by atoms with Gasteiger partial charge in [-0.1, -0.05) is 18.2 Å². The van der Waals surface area contributed by atoms with Crippen molar-refractivity contribution in [2.75, 3.05) is 5.32 Å². The van der Waals surface area contributed by atoms with Crippen LogP contribution in [0.1, 0.15) is 44.0 Å². The van der Waals surface area contributed by atoms with Crippen molar-refractivity contribution < 1.29 is 19.5 Å². The van der Waals surface area contributed by atoms with Crippen molar-refractivity contribution in [2.24, 2.45) is 11.8 Å². The van der Waals surface area contributed by atoms with Gasteiger partial charge >= 0.3 is 5.97 Å². The largest absolute Gasteiger partial charge is 0.481 e. The van der Waals surface area contributed by atoms with Gasteiger partial charge in [-0.15, -0.1) is 0 Å². The lowest BCUT2D eigenvalue weighted by Gasteiger charge is -2.24. The smallest absolute Gasteiger partial charge is 0.307 e. The van der Waals surface area contributed by atoms with E-state index in [9.17, 15) is 19.5 Å². The van der Waals surface area contributed by atoms with Crippen molar-refractivity contribution in [3.8, 4) is 0 Å². The average Bonchev–Trinajstić information content (AvgIpc) is 2.53. The summed E-state index contributed by atoms with van der Waals surface area (Å²) in [6.45, 7) is 5.66. The summed E-state index contributed by atoms with van der Waals surface area (Å²) in [5.41, 5.74) is 0.552. The van der Waals surface area contributed by atoms with Gasteiger partial charge in [0.2, 0.25) is 5.91 Å². The molecule has 0 heterocycles. The SMILES string of the molecule is CC(C)(C)NC(=O)c1cccc(NC(=O)[C@@H]2CC=CC[C@@H]2C(=O)O)c1. The molecule has 1 aliphatic carbocycles. The first-order valence-electron chi connectivity index (χ1n) is 8.28. The Balaban J connectivity index is 2.11. The van der Waals surface area contributed by atoms with E-state index in [2.05, 4.69) is 10.6 Å².